The summed E-state index contributed by atoms with van der Waals surface area (Å²) in [5.41, 5.74) is 0.899. The van der Waals surface area contributed by atoms with Gasteiger partial charge in [-0.25, -0.2) is 13.2 Å². The van der Waals surface area contributed by atoms with Crippen LogP contribution < -0.4 is 15.4 Å². The van der Waals surface area contributed by atoms with Crippen LogP contribution in [-0.4, -0.2) is 45.5 Å². The molecule has 3 amide bonds. The monoisotopic (exact) mass is 397 g/mol. The zero-order valence-corrected chi connectivity index (χ0v) is 15.8. The summed E-state index contributed by atoms with van der Waals surface area (Å²) >= 11 is 0. The molecule has 2 rings (SSSR count). The Bertz CT molecular complexity index is 785. The van der Waals surface area contributed by atoms with Crippen molar-refractivity contribution < 1.29 is 27.5 Å². The molecule has 0 radical (unpaired) electrons. The molecular weight excluding hydrogens is 374 g/mol. The highest BCUT2D eigenvalue weighted by Gasteiger charge is 2.19. The van der Waals surface area contributed by atoms with Crippen molar-refractivity contribution in [3.63, 3.8) is 0 Å². The van der Waals surface area contributed by atoms with Crippen LogP contribution in [0.3, 0.4) is 0 Å². The Hall–Kier alpha value is -2.46. The summed E-state index contributed by atoms with van der Waals surface area (Å²) in [7, 11) is -3.86. The maximum atomic E-state index is 12.0. The van der Waals surface area contributed by atoms with Crippen molar-refractivity contribution in [2.75, 3.05) is 13.2 Å². The second kappa shape index (κ2) is 9.47. The fourth-order valence-corrected chi connectivity index (χ4v) is 3.58. The Balaban J connectivity index is 1.69. The maximum Gasteiger partial charge on any atom is 0.321 e. The van der Waals surface area contributed by atoms with E-state index in [4.69, 9.17) is 0 Å². The summed E-state index contributed by atoms with van der Waals surface area (Å²) in [4.78, 5) is 34.8. The number of ether oxygens (including phenoxy) is 1. The van der Waals surface area contributed by atoms with Crippen molar-refractivity contribution in [2.24, 2.45) is 0 Å². The minimum Gasteiger partial charge on any atom is -0.455 e. The number of hydrogen-bond donors (Lipinski definition) is 3. The third-order valence-corrected chi connectivity index (χ3v) is 5.46. The van der Waals surface area contributed by atoms with Crippen LogP contribution in [0.15, 0.2) is 29.2 Å². The second-order valence-electron chi connectivity index (χ2n) is 6.30. The van der Waals surface area contributed by atoms with Gasteiger partial charge in [0, 0.05) is 6.04 Å². The van der Waals surface area contributed by atoms with E-state index in [1.165, 1.54) is 12.1 Å². The van der Waals surface area contributed by atoms with E-state index >= 15 is 0 Å². The third kappa shape index (κ3) is 6.99. The number of carbonyl (C=O) groups is 3. The van der Waals surface area contributed by atoms with Crippen molar-refractivity contribution in [1.29, 1.82) is 0 Å². The molecule has 1 aliphatic rings. The van der Waals surface area contributed by atoms with Crippen molar-refractivity contribution >= 4 is 27.9 Å². The third-order valence-electron chi connectivity index (χ3n) is 4.05. The summed E-state index contributed by atoms with van der Waals surface area (Å²) in [6.07, 6.45) is 3.82. The highest BCUT2D eigenvalue weighted by atomic mass is 32.2. The molecule has 0 saturated heterocycles. The number of carbonyl (C=O) groups excluding carboxylic acids is 3. The fraction of sp³-hybridized carbons (Fsp3) is 0.471. The van der Waals surface area contributed by atoms with Gasteiger partial charge in [-0.2, -0.15) is 4.72 Å². The molecule has 1 aromatic carbocycles. The number of urea groups is 1. The maximum absolute atomic E-state index is 12.0. The highest BCUT2D eigenvalue weighted by molar-refractivity contribution is 7.89. The second-order valence-corrected chi connectivity index (χ2v) is 8.07. The molecule has 10 heteroatoms. The van der Waals surface area contributed by atoms with Crippen LogP contribution >= 0.6 is 0 Å². The molecule has 3 N–H and O–H groups in total. The molecule has 0 aromatic heterocycles. The number of amides is 3. The lowest BCUT2D eigenvalue weighted by Gasteiger charge is -2.12. The van der Waals surface area contributed by atoms with Gasteiger partial charge >= 0.3 is 12.0 Å². The molecule has 0 unspecified atom stereocenters. The first-order chi connectivity index (χ1) is 12.8. The van der Waals surface area contributed by atoms with E-state index in [2.05, 4.69) is 20.1 Å². The minimum atomic E-state index is -3.86. The first kappa shape index (κ1) is 20.8. The SMILES string of the molecule is Cc1ccc(S(=O)(=O)NCC(=O)OCC(=O)NC(=O)NC2CCCC2)cc1. The van der Waals surface area contributed by atoms with Crippen LogP contribution in [0.1, 0.15) is 31.2 Å². The van der Waals surface area contributed by atoms with Gasteiger partial charge in [0.2, 0.25) is 10.0 Å². The molecule has 0 aliphatic heterocycles. The van der Waals surface area contributed by atoms with Crippen molar-refractivity contribution in [3.8, 4) is 0 Å². The van der Waals surface area contributed by atoms with Crippen molar-refractivity contribution in [2.45, 2.75) is 43.5 Å². The molecular formula is C17H23N3O6S. The standard InChI is InChI=1S/C17H23N3O6S/c1-12-6-8-14(9-7-12)27(24,25)18-10-16(22)26-11-15(21)20-17(23)19-13-4-2-3-5-13/h6-9,13,18H,2-5,10-11H2,1H3,(H2,19,20,21,23). The summed E-state index contributed by atoms with van der Waals surface area (Å²) in [5, 5.41) is 4.72. The highest BCUT2D eigenvalue weighted by Crippen LogP contribution is 2.17. The van der Waals surface area contributed by atoms with Gasteiger partial charge in [0.15, 0.2) is 6.61 Å². The van der Waals surface area contributed by atoms with Crippen LogP contribution in [0.4, 0.5) is 4.79 Å². The molecule has 0 atom stereocenters. The Morgan fingerprint density at radius 2 is 1.74 bits per heavy atom. The van der Waals surface area contributed by atoms with Gasteiger partial charge in [0.05, 0.1) is 4.90 Å². The van der Waals surface area contributed by atoms with E-state index in [1.54, 1.807) is 12.1 Å². The molecule has 0 bridgehead atoms. The van der Waals surface area contributed by atoms with E-state index in [1.807, 2.05) is 6.92 Å². The summed E-state index contributed by atoms with van der Waals surface area (Å²) in [6.45, 7) is 0.515. The predicted molar refractivity (Wildman–Crippen MR) is 96.3 cm³/mol. The quantitative estimate of drug-likeness (QED) is 0.577. The number of aryl methyl sites for hydroxylation is 1. The average Bonchev–Trinajstić information content (AvgIpc) is 3.11. The number of nitrogens with one attached hydrogen (secondary N) is 3. The minimum absolute atomic E-state index is 0.0160. The summed E-state index contributed by atoms with van der Waals surface area (Å²) in [6, 6.07) is 5.51. The number of sulfonamides is 1. The Kier molecular flexibility index (Phi) is 7.31. The molecule has 1 aromatic rings. The van der Waals surface area contributed by atoms with Crippen LogP contribution in [-0.2, 0) is 24.3 Å². The molecule has 148 valence electrons. The Labute approximate surface area is 157 Å². The number of hydrogen-bond acceptors (Lipinski definition) is 6. The van der Waals surface area contributed by atoms with Gasteiger partial charge in [0.1, 0.15) is 6.54 Å². The van der Waals surface area contributed by atoms with Crippen LogP contribution in [0.5, 0.6) is 0 Å². The number of esters is 1. The molecule has 27 heavy (non-hydrogen) atoms. The van der Waals surface area contributed by atoms with Gasteiger partial charge in [-0.05, 0) is 31.9 Å². The van der Waals surface area contributed by atoms with Crippen LogP contribution in [0.25, 0.3) is 0 Å². The Morgan fingerprint density at radius 1 is 1.11 bits per heavy atom. The molecule has 0 spiro atoms. The lowest BCUT2D eigenvalue weighted by atomic mass is 10.2. The van der Waals surface area contributed by atoms with Gasteiger partial charge in [0.25, 0.3) is 5.91 Å². The fourth-order valence-electron chi connectivity index (χ4n) is 2.61. The molecule has 0 heterocycles. The van der Waals surface area contributed by atoms with Crippen molar-refractivity contribution in [1.82, 2.24) is 15.4 Å². The first-order valence-electron chi connectivity index (χ1n) is 8.58. The van der Waals surface area contributed by atoms with Crippen LogP contribution in [0.2, 0.25) is 0 Å². The smallest absolute Gasteiger partial charge is 0.321 e. The van der Waals surface area contributed by atoms with Gasteiger partial charge in [-0.3, -0.25) is 14.9 Å². The largest absolute Gasteiger partial charge is 0.455 e. The molecule has 1 aliphatic carbocycles. The lowest BCUT2D eigenvalue weighted by Crippen LogP contribution is -2.45. The van der Waals surface area contributed by atoms with E-state index in [0.29, 0.717) is 0 Å². The normalized spacial score (nSPS) is 14.6. The first-order valence-corrected chi connectivity index (χ1v) is 10.1. The van der Waals surface area contributed by atoms with Gasteiger partial charge < -0.3 is 10.1 Å². The predicted octanol–water partition coefficient (Wildman–Crippen LogP) is 0.585. The van der Waals surface area contributed by atoms with E-state index in [9.17, 15) is 22.8 Å². The molecule has 1 saturated carbocycles. The van der Waals surface area contributed by atoms with Gasteiger partial charge in [-0.15, -0.1) is 0 Å². The van der Waals surface area contributed by atoms with E-state index < -0.39 is 41.1 Å². The van der Waals surface area contributed by atoms with Crippen LogP contribution in [0, 0.1) is 6.92 Å². The number of benzene rings is 1. The molecule has 1 fully saturated rings. The van der Waals surface area contributed by atoms with Crippen molar-refractivity contribution in [3.05, 3.63) is 29.8 Å². The topological polar surface area (TPSA) is 131 Å². The number of rotatable bonds is 7. The van der Waals surface area contributed by atoms with E-state index in [0.717, 1.165) is 31.2 Å². The Morgan fingerprint density at radius 3 is 2.37 bits per heavy atom. The lowest BCUT2D eigenvalue weighted by molar-refractivity contribution is -0.147. The molecule has 9 nitrogen and oxygen atoms in total. The zero-order chi connectivity index (χ0) is 19.9. The average molecular weight is 397 g/mol. The summed E-state index contributed by atoms with van der Waals surface area (Å²) in [5.74, 6) is -1.72. The number of imide groups is 1. The summed E-state index contributed by atoms with van der Waals surface area (Å²) < 4.78 is 30.9. The van der Waals surface area contributed by atoms with Gasteiger partial charge in [-0.1, -0.05) is 30.5 Å². The van der Waals surface area contributed by atoms with E-state index in [-0.39, 0.29) is 10.9 Å². The zero-order valence-electron chi connectivity index (χ0n) is 15.0.